The third kappa shape index (κ3) is 3.96. The summed E-state index contributed by atoms with van der Waals surface area (Å²) < 4.78 is 0. The molecule has 1 atom stereocenters. The summed E-state index contributed by atoms with van der Waals surface area (Å²) >= 11 is 1.68. The summed E-state index contributed by atoms with van der Waals surface area (Å²) in [6.07, 6.45) is 3.41. The highest BCUT2D eigenvalue weighted by Crippen LogP contribution is 2.37. The van der Waals surface area contributed by atoms with E-state index in [9.17, 15) is 9.90 Å². The molecule has 2 aromatic heterocycles. The van der Waals surface area contributed by atoms with Crippen LogP contribution in [0.15, 0.2) is 60.5 Å². The molecule has 1 aliphatic rings. The summed E-state index contributed by atoms with van der Waals surface area (Å²) in [5.74, 6) is 0.948. The second kappa shape index (κ2) is 8.71. The second-order valence-electron chi connectivity index (χ2n) is 7.43. The number of nitrogens with zero attached hydrogens (tertiary/aromatic N) is 2. The molecule has 1 aromatic carbocycles. The molecule has 0 spiro atoms. The number of nitrogens with one attached hydrogen (secondary N) is 1. The molecule has 1 saturated heterocycles. The van der Waals surface area contributed by atoms with E-state index in [1.807, 2.05) is 18.2 Å². The molecule has 6 heteroatoms. The van der Waals surface area contributed by atoms with Crippen LogP contribution >= 0.6 is 11.3 Å². The smallest absolute Gasteiger partial charge is 0.243 e. The molecule has 0 bridgehead atoms. The van der Waals surface area contributed by atoms with Crippen molar-refractivity contribution in [3.05, 3.63) is 66.1 Å². The predicted molar refractivity (Wildman–Crippen MR) is 123 cm³/mol. The zero-order valence-corrected chi connectivity index (χ0v) is 17.8. The Morgan fingerprint density at radius 3 is 2.93 bits per heavy atom. The molecule has 0 unspecified atom stereocenters. The molecule has 5 nitrogen and oxygen atoms in total. The number of thiophene rings is 1. The largest absolute Gasteiger partial charge is 0.507 e. The van der Waals surface area contributed by atoms with E-state index >= 15 is 0 Å². The first-order chi connectivity index (χ1) is 14.6. The molecule has 154 valence electrons. The van der Waals surface area contributed by atoms with Crippen LogP contribution in [-0.4, -0.2) is 35.1 Å². The standard InChI is InChI=1S/C24H25N3O2S/c1-3-11-25-24(29)20-8-6-12-27(20)22-15-17(23-16(2)10-13-30-23)14-19(26-22)18-7-4-5-9-21(18)28/h3-5,7,9-10,13-15,20,28H,1,6,8,11-12H2,2H3,(H,25,29)/t20-/m0/s1. The van der Waals surface area contributed by atoms with Gasteiger partial charge in [0.25, 0.3) is 0 Å². The van der Waals surface area contributed by atoms with E-state index in [1.54, 1.807) is 29.5 Å². The van der Waals surface area contributed by atoms with Crippen molar-refractivity contribution >= 4 is 23.1 Å². The maximum atomic E-state index is 12.7. The van der Waals surface area contributed by atoms with E-state index in [0.29, 0.717) is 17.8 Å². The molecule has 0 saturated carbocycles. The average Bonchev–Trinajstić information content (AvgIpc) is 3.41. The summed E-state index contributed by atoms with van der Waals surface area (Å²) in [7, 11) is 0. The minimum atomic E-state index is -0.255. The van der Waals surface area contributed by atoms with Crippen molar-refractivity contribution in [2.24, 2.45) is 0 Å². The lowest BCUT2D eigenvalue weighted by molar-refractivity contribution is -0.122. The quantitative estimate of drug-likeness (QED) is 0.565. The molecule has 1 aliphatic heterocycles. The van der Waals surface area contributed by atoms with Gasteiger partial charge in [-0.3, -0.25) is 4.79 Å². The number of benzene rings is 1. The number of hydrogen-bond acceptors (Lipinski definition) is 5. The van der Waals surface area contributed by atoms with Gasteiger partial charge in [-0.15, -0.1) is 17.9 Å². The number of carbonyl (C=O) groups excluding carboxylic acids is 1. The van der Waals surface area contributed by atoms with Crippen LogP contribution in [-0.2, 0) is 4.79 Å². The second-order valence-corrected chi connectivity index (χ2v) is 8.35. The number of carbonyl (C=O) groups is 1. The Morgan fingerprint density at radius 2 is 2.20 bits per heavy atom. The third-order valence-electron chi connectivity index (χ3n) is 5.39. The fraction of sp³-hybridized carbons (Fsp3) is 0.250. The van der Waals surface area contributed by atoms with Gasteiger partial charge >= 0.3 is 0 Å². The van der Waals surface area contributed by atoms with Crippen LogP contribution in [0.4, 0.5) is 5.82 Å². The van der Waals surface area contributed by atoms with Gasteiger partial charge in [-0.1, -0.05) is 18.2 Å². The first-order valence-electron chi connectivity index (χ1n) is 10.1. The number of hydrogen-bond donors (Lipinski definition) is 2. The molecule has 2 N–H and O–H groups in total. The molecule has 1 fully saturated rings. The highest BCUT2D eigenvalue weighted by atomic mass is 32.1. The van der Waals surface area contributed by atoms with Gasteiger partial charge in [0, 0.05) is 23.5 Å². The third-order valence-corrected chi connectivity index (χ3v) is 6.45. The van der Waals surface area contributed by atoms with Crippen LogP contribution in [0.1, 0.15) is 18.4 Å². The number of rotatable bonds is 6. The molecule has 30 heavy (non-hydrogen) atoms. The van der Waals surface area contributed by atoms with Crippen molar-refractivity contribution in [2.45, 2.75) is 25.8 Å². The monoisotopic (exact) mass is 419 g/mol. The van der Waals surface area contributed by atoms with Gasteiger partial charge in [0.2, 0.25) is 5.91 Å². The lowest BCUT2D eigenvalue weighted by Gasteiger charge is -2.26. The first-order valence-corrected chi connectivity index (χ1v) is 11.0. The van der Waals surface area contributed by atoms with Crippen LogP contribution in [0.2, 0.25) is 0 Å². The number of phenolic OH excluding ortho intramolecular Hbond substituents is 1. The Hall–Kier alpha value is -3.12. The Bertz CT molecular complexity index is 1080. The summed E-state index contributed by atoms with van der Waals surface area (Å²) in [4.78, 5) is 20.8. The number of aryl methyl sites for hydroxylation is 1. The molecule has 0 radical (unpaired) electrons. The highest BCUT2D eigenvalue weighted by Gasteiger charge is 2.32. The maximum absolute atomic E-state index is 12.7. The highest BCUT2D eigenvalue weighted by molar-refractivity contribution is 7.13. The Balaban J connectivity index is 1.80. The van der Waals surface area contributed by atoms with Crippen molar-refractivity contribution in [1.29, 1.82) is 0 Å². The summed E-state index contributed by atoms with van der Waals surface area (Å²) in [5, 5.41) is 15.4. The lowest BCUT2D eigenvalue weighted by Crippen LogP contribution is -2.43. The van der Waals surface area contributed by atoms with Gasteiger partial charge in [0.15, 0.2) is 0 Å². The van der Waals surface area contributed by atoms with Crippen LogP contribution in [0, 0.1) is 6.92 Å². The van der Waals surface area contributed by atoms with Crippen molar-refractivity contribution in [2.75, 3.05) is 18.0 Å². The number of para-hydroxylation sites is 1. The van der Waals surface area contributed by atoms with E-state index in [0.717, 1.165) is 30.8 Å². The van der Waals surface area contributed by atoms with Crippen LogP contribution in [0.3, 0.4) is 0 Å². The van der Waals surface area contributed by atoms with Crippen molar-refractivity contribution in [3.63, 3.8) is 0 Å². The number of aromatic nitrogens is 1. The molecule has 0 aliphatic carbocycles. The van der Waals surface area contributed by atoms with Gasteiger partial charge in [-0.2, -0.15) is 0 Å². The van der Waals surface area contributed by atoms with Crippen LogP contribution in [0.5, 0.6) is 5.75 Å². The number of aromatic hydroxyl groups is 1. The number of amides is 1. The predicted octanol–water partition coefficient (Wildman–Crippen LogP) is 4.76. The average molecular weight is 420 g/mol. The van der Waals surface area contributed by atoms with Crippen LogP contribution in [0.25, 0.3) is 21.7 Å². The molecular weight excluding hydrogens is 394 g/mol. The fourth-order valence-corrected chi connectivity index (χ4v) is 4.81. The minimum Gasteiger partial charge on any atom is -0.507 e. The Morgan fingerprint density at radius 1 is 1.37 bits per heavy atom. The van der Waals surface area contributed by atoms with Crippen molar-refractivity contribution in [3.8, 4) is 27.4 Å². The zero-order chi connectivity index (χ0) is 21.1. The fourth-order valence-electron chi connectivity index (χ4n) is 3.89. The first kappa shape index (κ1) is 20.2. The van der Waals surface area contributed by atoms with E-state index in [-0.39, 0.29) is 17.7 Å². The molecular formula is C24H25N3O2S. The zero-order valence-electron chi connectivity index (χ0n) is 17.0. The molecule has 1 amide bonds. The van der Waals surface area contributed by atoms with Crippen molar-refractivity contribution < 1.29 is 9.90 Å². The summed E-state index contributed by atoms with van der Waals surface area (Å²) in [6.45, 7) is 6.99. The SMILES string of the molecule is C=CCNC(=O)[C@@H]1CCCN1c1cc(-c2sccc2C)cc(-c2ccccc2O)n1. The molecule has 3 aromatic rings. The molecule has 4 rings (SSSR count). The summed E-state index contributed by atoms with van der Waals surface area (Å²) in [6, 6.07) is 13.1. The molecule has 3 heterocycles. The topological polar surface area (TPSA) is 65.5 Å². The van der Waals surface area contributed by atoms with Gasteiger partial charge < -0.3 is 15.3 Å². The minimum absolute atomic E-state index is 0.00369. The Labute approximate surface area is 180 Å². The van der Waals surface area contributed by atoms with E-state index in [2.05, 4.69) is 41.2 Å². The Kier molecular flexibility index (Phi) is 5.86. The van der Waals surface area contributed by atoms with E-state index in [1.165, 1.54) is 10.4 Å². The van der Waals surface area contributed by atoms with Crippen LogP contribution < -0.4 is 10.2 Å². The van der Waals surface area contributed by atoms with Crippen molar-refractivity contribution in [1.82, 2.24) is 10.3 Å². The van der Waals surface area contributed by atoms with E-state index in [4.69, 9.17) is 4.98 Å². The normalized spacial score (nSPS) is 15.9. The number of anilines is 1. The number of pyridine rings is 1. The van der Waals surface area contributed by atoms with Gasteiger partial charge in [-0.05, 0) is 66.6 Å². The van der Waals surface area contributed by atoms with Gasteiger partial charge in [-0.25, -0.2) is 4.98 Å². The van der Waals surface area contributed by atoms with Gasteiger partial charge in [0.05, 0.1) is 5.69 Å². The van der Waals surface area contributed by atoms with E-state index < -0.39 is 0 Å². The maximum Gasteiger partial charge on any atom is 0.243 e. The number of phenols is 1. The summed E-state index contributed by atoms with van der Waals surface area (Å²) in [5.41, 5.74) is 3.62. The lowest BCUT2D eigenvalue weighted by atomic mass is 10.1. The van der Waals surface area contributed by atoms with Gasteiger partial charge in [0.1, 0.15) is 17.6 Å².